The Labute approximate surface area is 140 Å². The van der Waals surface area contributed by atoms with Crippen LogP contribution in [-0.4, -0.2) is 54.8 Å². The maximum absolute atomic E-state index is 13.0. The van der Waals surface area contributed by atoms with Gasteiger partial charge in [0.1, 0.15) is 5.82 Å². The molecule has 1 saturated heterocycles. The molecule has 0 bridgehead atoms. The molecule has 128 valence electrons. The van der Waals surface area contributed by atoms with Crippen LogP contribution in [0.2, 0.25) is 0 Å². The summed E-state index contributed by atoms with van der Waals surface area (Å²) in [6.07, 6.45) is 0. The van der Waals surface area contributed by atoms with Gasteiger partial charge in [-0.25, -0.2) is 4.39 Å². The number of piperazine rings is 1. The Morgan fingerprint density at radius 1 is 1.04 bits per heavy atom. The van der Waals surface area contributed by atoms with Crippen LogP contribution in [0.1, 0.15) is 6.92 Å². The summed E-state index contributed by atoms with van der Waals surface area (Å²) in [6.45, 7) is 5.89. The number of methoxy groups -OCH3 is 1. The summed E-state index contributed by atoms with van der Waals surface area (Å²) in [7, 11) is 1.54. The Bertz CT molecular complexity index is 673. The third-order valence-corrected chi connectivity index (χ3v) is 3.87. The van der Waals surface area contributed by atoms with Crippen LogP contribution in [0.25, 0.3) is 0 Å². The van der Waals surface area contributed by atoms with Crippen molar-refractivity contribution in [1.82, 2.24) is 15.0 Å². The SMILES string of the molecule is CCNc1nc(OC)nc(N2CCN(c3ccc(F)cc3)CC2)n1. The largest absolute Gasteiger partial charge is 0.467 e. The molecule has 0 unspecified atom stereocenters. The van der Waals surface area contributed by atoms with Crippen molar-refractivity contribution in [3.8, 4) is 6.01 Å². The molecule has 1 N–H and O–H groups in total. The molecule has 1 fully saturated rings. The predicted molar refractivity (Wildman–Crippen MR) is 91.4 cm³/mol. The summed E-state index contributed by atoms with van der Waals surface area (Å²) < 4.78 is 18.2. The normalized spacial score (nSPS) is 14.6. The summed E-state index contributed by atoms with van der Waals surface area (Å²) in [5.41, 5.74) is 1.03. The zero-order chi connectivity index (χ0) is 16.9. The highest BCUT2D eigenvalue weighted by Gasteiger charge is 2.21. The minimum absolute atomic E-state index is 0.217. The Kier molecular flexibility index (Phi) is 4.93. The molecule has 1 aromatic carbocycles. The molecule has 2 aromatic rings. The number of halogens is 1. The summed E-state index contributed by atoms with van der Waals surface area (Å²) >= 11 is 0. The van der Waals surface area contributed by atoms with Gasteiger partial charge in [0.2, 0.25) is 11.9 Å². The van der Waals surface area contributed by atoms with E-state index in [1.807, 2.05) is 6.92 Å². The lowest BCUT2D eigenvalue weighted by molar-refractivity contribution is 0.378. The second-order valence-corrected chi connectivity index (χ2v) is 5.43. The Balaban J connectivity index is 1.69. The van der Waals surface area contributed by atoms with E-state index in [0.717, 1.165) is 38.4 Å². The standard InChI is InChI=1S/C16H21FN6O/c1-3-18-14-19-15(21-16(20-14)24-2)23-10-8-22(9-11-23)13-6-4-12(17)5-7-13/h4-7H,3,8-11H2,1-2H3,(H,18,19,20,21). The van der Waals surface area contributed by atoms with E-state index in [1.54, 1.807) is 19.2 Å². The molecule has 1 aromatic heterocycles. The third-order valence-electron chi connectivity index (χ3n) is 3.87. The second-order valence-electron chi connectivity index (χ2n) is 5.43. The zero-order valence-corrected chi connectivity index (χ0v) is 13.9. The molecule has 1 aliphatic heterocycles. The number of aromatic nitrogens is 3. The maximum atomic E-state index is 13.0. The number of anilines is 3. The van der Waals surface area contributed by atoms with Crippen LogP contribution < -0.4 is 19.9 Å². The van der Waals surface area contributed by atoms with Crippen molar-refractivity contribution >= 4 is 17.6 Å². The topological polar surface area (TPSA) is 66.4 Å². The van der Waals surface area contributed by atoms with E-state index in [4.69, 9.17) is 4.74 Å². The van der Waals surface area contributed by atoms with Crippen LogP contribution in [0, 0.1) is 5.82 Å². The van der Waals surface area contributed by atoms with Gasteiger partial charge in [0.05, 0.1) is 7.11 Å². The van der Waals surface area contributed by atoms with Crippen molar-refractivity contribution in [2.45, 2.75) is 6.92 Å². The van der Waals surface area contributed by atoms with Gasteiger partial charge in [0.15, 0.2) is 0 Å². The number of rotatable bonds is 5. The first-order valence-electron chi connectivity index (χ1n) is 7.99. The highest BCUT2D eigenvalue weighted by Crippen LogP contribution is 2.20. The molecular weight excluding hydrogens is 311 g/mol. The molecule has 0 radical (unpaired) electrons. The fraction of sp³-hybridized carbons (Fsp3) is 0.438. The fourth-order valence-electron chi connectivity index (χ4n) is 2.63. The van der Waals surface area contributed by atoms with Gasteiger partial charge >= 0.3 is 6.01 Å². The molecule has 0 spiro atoms. The molecule has 1 aliphatic rings. The first-order chi connectivity index (χ1) is 11.7. The van der Waals surface area contributed by atoms with E-state index >= 15 is 0 Å². The average Bonchev–Trinajstić information content (AvgIpc) is 2.62. The third kappa shape index (κ3) is 3.64. The molecule has 0 amide bonds. The van der Waals surface area contributed by atoms with Crippen LogP contribution >= 0.6 is 0 Å². The number of nitrogens with one attached hydrogen (secondary N) is 1. The van der Waals surface area contributed by atoms with Crippen LogP contribution in [0.5, 0.6) is 6.01 Å². The summed E-state index contributed by atoms with van der Waals surface area (Å²) in [5, 5.41) is 3.09. The molecular formula is C16H21FN6O. The van der Waals surface area contributed by atoms with Gasteiger partial charge in [-0.15, -0.1) is 0 Å². The number of benzene rings is 1. The molecule has 2 heterocycles. The van der Waals surface area contributed by atoms with Crippen molar-refractivity contribution in [3.05, 3.63) is 30.1 Å². The van der Waals surface area contributed by atoms with Gasteiger partial charge in [-0.1, -0.05) is 0 Å². The average molecular weight is 332 g/mol. The first-order valence-corrected chi connectivity index (χ1v) is 7.99. The van der Waals surface area contributed by atoms with E-state index in [1.165, 1.54) is 12.1 Å². The Hall–Kier alpha value is -2.64. The monoisotopic (exact) mass is 332 g/mol. The fourth-order valence-corrected chi connectivity index (χ4v) is 2.63. The molecule has 0 saturated carbocycles. The van der Waals surface area contributed by atoms with Gasteiger partial charge in [0, 0.05) is 38.4 Å². The van der Waals surface area contributed by atoms with Gasteiger partial charge in [-0.3, -0.25) is 0 Å². The lowest BCUT2D eigenvalue weighted by Crippen LogP contribution is -2.47. The van der Waals surface area contributed by atoms with Gasteiger partial charge in [-0.05, 0) is 31.2 Å². The van der Waals surface area contributed by atoms with E-state index in [-0.39, 0.29) is 5.82 Å². The van der Waals surface area contributed by atoms with E-state index in [9.17, 15) is 4.39 Å². The second kappa shape index (κ2) is 7.29. The van der Waals surface area contributed by atoms with Crippen LogP contribution in [0.15, 0.2) is 24.3 Å². The molecule has 3 rings (SSSR count). The van der Waals surface area contributed by atoms with Crippen molar-refractivity contribution in [1.29, 1.82) is 0 Å². The minimum atomic E-state index is -0.217. The molecule has 24 heavy (non-hydrogen) atoms. The first kappa shape index (κ1) is 16.2. The van der Waals surface area contributed by atoms with Crippen molar-refractivity contribution in [3.63, 3.8) is 0 Å². The molecule has 8 heteroatoms. The highest BCUT2D eigenvalue weighted by atomic mass is 19.1. The number of nitrogens with zero attached hydrogens (tertiary/aromatic N) is 5. The van der Waals surface area contributed by atoms with Crippen molar-refractivity contribution in [2.75, 3.05) is 55.0 Å². The van der Waals surface area contributed by atoms with Gasteiger partial charge < -0.3 is 19.9 Å². The summed E-state index contributed by atoms with van der Waals surface area (Å²) in [6, 6.07) is 6.89. The highest BCUT2D eigenvalue weighted by molar-refractivity contribution is 5.49. The quantitative estimate of drug-likeness (QED) is 0.895. The zero-order valence-electron chi connectivity index (χ0n) is 13.9. The van der Waals surface area contributed by atoms with Crippen LogP contribution in [0.3, 0.4) is 0 Å². The Morgan fingerprint density at radius 3 is 2.33 bits per heavy atom. The maximum Gasteiger partial charge on any atom is 0.322 e. The Morgan fingerprint density at radius 2 is 1.71 bits per heavy atom. The van der Waals surface area contributed by atoms with E-state index in [2.05, 4.69) is 30.1 Å². The van der Waals surface area contributed by atoms with Crippen molar-refractivity contribution < 1.29 is 9.13 Å². The van der Waals surface area contributed by atoms with E-state index < -0.39 is 0 Å². The van der Waals surface area contributed by atoms with Crippen LogP contribution in [0.4, 0.5) is 22.0 Å². The number of hydrogen-bond acceptors (Lipinski definition) is 7. The van der Waals surface area contributed by atoms with Crippen molar-refractivity contribution in [2.24, 2.45) is 0 Å². The van der Waals surface area contributed by atoms with Gasteiger partial charge in [-0.2, -0.15) is 15.0 Å². The lowest BCUT2D eigenvalue weighted by atomic mass is 10.2. The van der Waals surface area contributed by atoms with E-state index in [0.29, 0.717) is 17.9 Å². The number of hydrogen-bond donors (Lipinski definition) is 1. The minimum Gasteiger partial charge on any atom is -0.467 e. The smallest absolute Gasteiger partial charge is 0.322 e. The lowest BCUT2D eigenvalue weighted by Gasteiger charge is -2.36. The predicted octanol–water partition coefficient (Wildman–Crippen LogP) is 1.78. The molecule has 0 atom stereocenters. The summed E-state index contributed by atoms with van der Waals surface area (Å²) in [4.78, 5) is 17.3. The summed E-state index contributed by atoms with van der Waals surface area (Å²) in [5.74, 6) is 0.905. The van der Waals surface area contributed by atoms with Gasteiger partial charge in [0.25, 0.3) is 0 Å². The molecule has 7 nitrogen and oxygen atoms in total. The van der Waals surface area contributed by atoms with Crippen LogP contribution in [-0.2, 0) is 0 Å². The number of ether oxygens (including phenoxy) is 1. The molecule has 0 aliphatic carbocycles.